The maximum atomic E-state index is 11.4. The molecule has 0 bridgehead atoms. The number of hydrogen-bond acceptors (Lipinski definition) is 4. The van der Waals surface area contributed by atoms with Crippen LogP contribution in [-0.2, 0) is 11.2 Å². The molecular formula is C22H27N3O2. The second-order valence-electron chi connectivity index (χ2n) is 7.34. The van der Waals surface area contributed by atoms with Gasteiger partial charge in [-0.2, -0.15) is 0 Å². The summed E-state index contributed by atoms with van der Waals surface area (Å²) in [5, 5.41) is 0. The molecule has 5 heteroatoms. The lowest BCUT2D eigenvalue weighted by atomic mass is 9.93. The number of para-hydroxylation sites is 1. The molecule has 2 aliphatic rings. The highest BCUT2D eigenvalue weighted by molar-refractivity contribution is 5.93. The first-order chi connectivity index (χ1) is 13.2. The van der Waals surface area contributed by atoms with Gasteiger partial charge in [-0.1, -0.05) is 24.3 Å². The number of amides is 1. The molecule has 0 aliphatic carbocycles. The highest BCUT2D eigenvalue weighted by Gasteiger charge is 2.24. The normalized spacial score (nSPS) is 20.3. The van der Waals surface area contributed by atoms with Crippen LogP contribution in [0.25, 0.3) is 0 Å². The first-order valence-corrected chi connectivity index (χ1v) is 9.77. The first kappa shape index (κ1) is 18.0. The van der Waals surface area contributed by atoms with Crippen LogP contribution >= 0.6 is 0 Å². The van der Waals surface area contributed by atoms with Crippen LogP contribution in [0.2, 0.25) is 0 Å². The fraction of sp³-hybridized carbons (Fsp3) is 0.409. The minimum atomic E-state index is -0.364. The lowest BCUT2D eigenvalue weighted by Gasteiger charge is -2.37. The van der Waals surface area contributed by atoms with E-state index >= 15 is 0 Å². The van der Waals surface area contributed by atoms with E-state index in [1.54, 1.807) is 0 Å². The van der Waals surface area contributed by atoms with E-state index in [1.165, 1.54) is 16.8 Å². The van der Waals surface area contributed by atoms with E-state index in [4.69, 9.17) is 10.5 Å². The summed E-state index contributed by atoms with van der Waals surface area (Å²) < 4.78 is 6.03. The number of rotatable bonds is 5. The minimum Gasteiger partial charge on any atom is -0.373 e. The van der Waals surface area contributed by atoms with Crippen LogP contribution in [0.5, 0.6) is 0 Å². The van der Waals surface area contributed by atoms with Gasteiger partial charge in [0, 0.05) is 44.0 Å². The molecule has 2 aliphatic heterocycles. The van der Waals surface area contributed by atoms with Crippen molar-refractivity contribution in [3.63, 3.8) is 0 Å². The maximum Gasteiger partial charge on any atom is 0.248 e. The number of hydrogen-bond donors (Lipinski definition) is 1. The molecule has 2 heterocycles. The van der Waals surface area contributed by atoms with Crippen LogP contribution < -0.4 is 10.6 Å². The van der Waals surface area contributed by atoms with E-state index in [0.717, 1.165) is 45.6 Å². The molecule has 142 valence electrons. The Balaban J connectivity index is 1.32. The number of ether oxygens (including phenoxy) is 1. The number of carbonyl (C=O) groups excluding carboxylic acids is 1. The number of fused-ring (bicyclic) bond motifs is 1. The molecular weight excluding hydrogens is 338 g/mol. The molecule has 1 saturated heterocycles. The smallest absolute Gasteiger partial charge is 0.248 e. The van der Waals surface area contributed by atoms with E-state index in [9.17, 15) is 4.79 Å². The molecule has 1 unspecified atom stereocenters. The number of benzene rings is 2. The standard InChI is InChI=1S/C22H27N3O2/c23-22(26)18-6-7-20-17(16-18)9-15-27-21(20)8-10-24-11-13-25(14-12-24)19-4-2-1-3-5-19/h1-7,16,21H,8-15H2,(H2,23,26). The molecule has 0 radical (unpaired) electrons. The lowest BCUT2D eigenvalue weighted by molar-refractivity contribution is 0.0289. The van der Waals surface area contributed by atoms with Crippen LogP contribution in [-0.4, -0.2) is 50.1 Å². The molecule has 4 rings (SSSR count). The fourth-order valence-corrected chi connectivity index (χ4v) is 4.10. The number of carbonyl (C=O) groups is 1. The summed E-state index contributed by atoms with van der Waals surface area (Å²) in [6.45, 7) is 6.03. The SMILES string of the molecule is NC(=O)c1ccc2c(c1)CCOC2CCN1CCN(c2ccccc2)CC1. The Morgan fingerprint density at radius 1 is 1.07 bits per heavy atom. The van der Waals surface area contributed by atoms with Crippen molar-refractivity contribution < 1.29 is 9.53 Å². The average molecular weight is 365 g/mol. The zero-order chi connectivity index (χ0) is 18.6. The molecule has 1 atom stereocenters. The quantitative estimate of drug-likeness (QED) is 0.885. The van der Waals surface area contributed by atoms with Crippen molar-refractivity contribution in [2.45, 2.75) is 18.9 Å². The Kier molecular flexibility index (Phi) is 5.41. The molecule has 0 aromatic heterocycles. The van der Waals surface area contributed by atoms with E-state index in [0.29, 0.717) is 12.2 Å². The minimum absolute atomic E-state index is 0.114. The van der Waals surface area contributed by atoms with E-state index in [1.807, 2.05) is 18.2 Å². The molecule has 2 aromatic rings. The van der Waals surface area contributed by atoms with E-state index in [2.05, 4.69) is 40.1 Å². The molecule has 2 N–H and O–H groups in total. The van der Waals surface area contributed by atoms with Crippen molar-refractivity contribution in [3.05, 3.63) is 65.2 Å². The zero-order valence-electron chi connectivity index (χ0n) is 15.6. The van der Waals surface area contributed by atoms with Crippen LogP contribution in [0.15, 0.2) is 48.5 Å². The highest BCUT2D eigenvalue weighted by atomic mass is 16.5. The second-order valence-corrected chi connectivity index (χ2v) is 7.34. The lowest BCUT2D eigenvalue weighted by Crippen LogP contribution is -2.46. The third-order valence-corrected chi connectivity index (χ3v) is 5.67. The van der Waals surface area contributed by atoms with Crippen molar-refractivity contribution in [3.8, 4) is 0 Å². The highest BCUT2D eigenvalue weighted by Crippen LogP contribution is 2.30. The fourth-order valence-electron chi connectivity index (χ4n) is 4.10. The third-order valence-electron chi connectivity index (χ3n) is 5.67. The van der Waals surface area contributed by atoms with Crippen molar-refractivity contribution in [1.82, 2.24) is 4.90 Å². The first-order valence-electron chi connectivity index (χ1n) is 9.77. The molecule has 5 nitrogen and oxygen atoms in total. The molecule has 1 fully saturated rings. The number of nitrogens with zero attached hydrogens (tertiary/aromatic N) is 2. The third kappa shape index (κ3) is 4.15. The van der Waals surface area contributed by atoms with Crippen molar-refractivity contribution in [2.75, 3.05) is 44.2 Å². The van der Waals surface area contributed by atoms with Gasteiger partial charge < -0.3 is 15.4 Å². The summed E-state index contributed by atoms with van der Waals surface area (Å²) in [5.41, 5.74) is 9.73. The predicted molar refractivity (Wildman–Crippen MR) is 107 cm³/mol. The Labute approximate surface area is 160 Å². The number of nitrogens with two attached hydrogens (primary N) is 1. The Morgan fingerprint density at radius 3 is 2.59 bits per heavy atom. The van der Waals surface area contributed by atoms with Crippen LogP contribution in [0.4, 0.5) is 5.69 Å². The van der Waals surface area contributed by atoms with Gasteiger partial charge in [-0.05, 0) is 48.2 Å². The molecule has 27 heavy (non-hydrogen) atoms. The molecule has 2 aromatic carbocycles. The second kappa shape index (κ2) is 8.11. The largest absolute Gasteiger partial charge is 0.373 e. The number of primary amides is 1. The predicted octanol–water partition coefficient (Wildman–Crippen LogP) is 2.61. The van der Waals surface area contributed by atoms with Gasteiger partial charge in [0.25, 0.3) is 0 Å². The van der Waals surface area contributed by atoms with Crippen LogP contribution in [0.1, 0.15) is 34.0 Å². The number of piperazine rings is 1. The van der Waals surface area contributed by atoms with Crippen molar-refractivity contribution in [1.29, 1.82) is 0 Å². The van der Waals surface area contributed by atoms with Gasteiger partial charge in [-0.3, -0.25) is 9.69 Å². The van der Waals surface area contributed by atoms with E-state index in [-0.39, 0.29) is 12.0 Å². The van der Waals surface area contributed by atoms with Gasteiger partial charge in [0.15, 0.2) is 0 Å². The van der Waals surface area contributed by atoms with Crippen molar-refractivity contribution >= 4 is 11.6 Å². The number of anilines is 1. The van der Waals surface area contributed by atoms with Gasteiger partial charge in [-0.15, -0.1) is 0 Å². The average Bonchev–Trinajstić information content (AvgIpc) is 2.72. The van der Waals surface area contributed by atoms with Crippen LogP contribution in [0, 0.1) is 0 Å². The maximum absolute atomic E-state index is 11.4. The topological polar surface area (TPSA) is 58.8 Å². The van der Waals surface area contributed by atoms with Gasteiger partial charge in [0.05, 0.1) is 12.7 Å². The summed E-state index contributed by atoms with van der Waals surface area (Å²) in [4.78, 5) is 16.4. The molecule has 0 spiro atoms. The zero-order valence-corrected chi connectivity index (χ0v) is 15.6. The van der Waals surface area contributed by atoms with Gasteiger partial charge in [-0.25, -0.2) is 0 Å². The Hall–Kier alpha value is -2.37. The monoisotopic (exact) mass is 365 g/mol. The van der Waals surface area contributed by atoms with Gasteiger partial charge in [0.1, 0.15) is 0 Å². The molecule has 0 saturated carbocycles. The Morgan fingerprint density at radius 2 is 1.85 bits per heavy atom. The molecule has 1 amide bonds. The summed E-state index contributed by atoms with van der Waals surface area (Å²) in [7, 11) is 0. The summed E-state index contributed by atoms with van der Waals surface area (Å²) in [6, 6.07) is 16.4. The summed E-state index contributed by atoms with van der Waals surface area (Å²) >= 11 is 0. The van der Waals surface area contributed by atoms with Gasteiger partial charge >= 0.3 is 0 Å². The van der Waals surface area contributed by atoms with Crippen molar-refractivity contribution in [2.24, 2.45) is 5.73 Å². The van der Waals surface area contributed by atoms with E-state index < -0.39 is 0 Å². The summed E-state index contributed by atoms with van der Waals surface area (Å²) in [5.74, 6) is -0.364. The Bertz CT molecular complexity index is 785. The van der Waals surface area contributed by atoms with Gasteiger partial charge in [0.2, 0.25) is 5.91 Å². The van der Waals surface area contributed by atoms with Crippen LogP contribution in [0.3, 0.4) is 0 Å². The summed E-state index contributed by atoms with van der Waals surface area (Å²) in [6.07, 6.45) is 1.94.